The van der Waals surface area contributed by atoms with Crippen LogP contribution in [-0.2, 0) is 9.47 Å². The standard InChI is InChI=1S/C21H35N3O4/c1-5-6-10-24-11-8-7-9-17(24)14-22-20(25)19-15(2)18(16(3)23-19)21(26)28-13-12-27-4/h17,23H,5-14H2,1-4H3,(H,22,25). The van der Waals surface area contributed by atoms with Crippen molar-refractivity contribution < 1.29 is 19.1 Å². The van der Waals surface area contributed by atoms with Gasteiger partial charge in [-0.2, -0.15) is 0 Å². The van der Waals surface area contributed by atoms with Crippen LogP contribution in [0, 0.1) is 13.8 Å². The molecule has 1 aromatic rings. The molecule has 1 saturated heterocycles. The summed E-state index contributed by atoms with van der Waals surface area (Å²) in [6.45, 7) is 9.13. The number of aryl methyl sites for hydroxylation is 1. The highest BCUT2D eigenvalue weighted by Crippen LogP contribution is 2.20. The number of piperidine rings is 1. The number of aromatic amines is 1. The molecule has 0 aliphatic carbocycles. The molecule has 1 aliphatic rings. The smallest absolute Gasteiger partial charge is 0.340 e. The number of likely N-dealkylation sites (tertiary alicyclic amines) is 1. The molecule has 1 aromatic heterocycles. The van der Waals surface area contributed by atoms with E-state index < -0.39 is 5.97 Å². The lowest BCUT2D eigenvalue weighted by Crippen LogP contribution is -2.47. The summed E-state index contributed by atoms with van der Waals surface area (Å²) in [5, 5.41) is 3.06. The SMILES string of the molecule is CCCCN1CCCCC1CNC(=O)c1[nH]c(C)c(C(=O)OCCOC)c1C. The molecule has 2 rings (SSSR count). The Morgan fingerprint density at radius 1 is 1.25 bits per heavy atom. The number of amides is 1. The second-order valence-corrected chi connectivity index (χ2v) is 7.50. The molecule has 0 saturated carbocycles. The van der Waals surface area contributed by atoms with E-state index in [4.69, 9.17) is 9.47 Å². The summed E-state index contributed by atoms with van der Waals surface area (Å²) in [6, 6.07) is 0.388. The summed E-state index contributed by atoms with van der Waals surface area (Å²) in [7, 11) is 1.55. The van der Waals surface area contributed by atoms with Crippen LogP contribution in [-0.4, -0.2) is 67.8 Å². The minimum Gasteiger partial charge on any atom is -0.460 e. The van der Waals surface area contributed by atoms with Gasteiger partial charge in [-0.1, -0.05) is 19.8 Å². The normalized spacial score (nSPS) is 17.5. The van der Waals surface area contributed by atoms with Crippen LogP contribution in [0.3, 0.4) is 0 Å². The maximum atomic E-state index is 12.7. The fourth-order valence-electron chi connectivity index (χ4n) is 3.82. The molecule has 0 spiro atoms. The van der Waals surface area contributed by atoms with Gasteiger partial charge in [-0.05, 0) is 51.8 Å². The van der Waals surface area contributed by atoms with Gasteiger partial charge in [0, 0.05) is 25.4 Å². The second kappa shape index (κ2) is 11.2. The topological polar surface area (TPSA) is 83.7 Å². The van der Waals surface area contributed by atoms with Crippen LogP contribution in [0.25, 0.3) is 0 Å². The van der Waals surface area contributed by atoms with Crippen LogP contribution in [0.15, 0.2) is 0 Å². The summed E-state index contributed by atoms with van der Waals surface area (Å²) >= 11 is 0. The van der Waals surface area contributed by atoms with E-state index in [9.17, 15) is 9.59 Å². The quantitative estimate of drug-likeness (QED) is 0.472. The molecule has 0 radical (unpaired) electrons. The molecule has 1 fully saturated rings. The van der Waals surface area contributed by atoms with Gasteiger partial charge in [0.1, 0.15) is 12.3 Å². The number of methoxy groups -OCH3 is 1. The molecule has 7 nitrogen and oxygen atoms in total. The summed E-state index contributed by atoms with van der Waals surface area (Å²) in [6.07, 6.45) is 5.93. The number of carbonyl (C=O) groups is 2. The van der Waals surface area contributed by atoms with Gasteiger partial charge in [-0.15, -0.1) is 0 Å². The van der Waals surface area contributed by atoms with Crippen LogP contribution in [0.2, 0.25) is 0 Å². The molecule has 0 aromatic carbocycles. The van der Waals surface area contributed by atoms with Crippen molar-refractivity contribution in [1.29, 1.82) is 0 Å². The zero-order valence-electron chi connectivity index (χ0n) is 17.7. The Morgan fingerprint density at radius 3 is 2.75 bits per heavy atom. The number of hydrogen-bond acceptors (Lipinski definition) is 5. The predicted octanol–water partition coefficient (Wildman–Crippen LogP) is 2.82. The Kier molecular flexibility index (Phi) is 8.99. The van der Waals surface area contributed by atoms with Gasteiger partial charge in [0.2, 0.25) is 0 Å². The van der Waals surface area contributed by atoms with E-state index in [1.807, 2.05) is 0 Å². The number of ether oxygens (including phenoxy) is 2. The Hall–Kier alpha value is -1.86. The number of nitrogens with one attached hydrogen (secondary N) is 2. The van der Waals surface area contributed by atoms with Gasteiger partial charge in [-0.3, -0.25) is 9.69 Å². The zero-order chi connectivity index (χ0) is 20.5. The molecule has 158 valence electrons. The number of nitrogens with zero attached hydrogens (tertiary/aromatic N) is 1. The molecule has 7 heteroatoms. The van der Waals surface area contributed by atoms with Crippen molar-refractivity contribution >= 4 is 11.9 Å². The van der Waals surface area contributed by atoms with E-state index >= 15 is 0 Å². The first-order valence-corrected chi connectivity index (χ1v) is 10.4. The van der Waals surface area contributed by atoms with Crippen LogP contribution < -0.4 is 5.32 Å². The average Bonchev–Trinajstić information content (AvgIpc) is 2.99. The Bertz CT molecular complexity index is 656. The van der Waals surface area contributed by atoms with Crippen LogP contribution in [0.4, 0.5) is 0 Å². The van der Waals surface area contributed by atoms with Gasteiger partial charge in [-0.25, -0.2) is 4.79 Å². The number of hydrogen-bond donors (Lipinski definition) is 2. The number of H-pyrrole nitrogens is 1. The van der Waals surface area contributed by atoms with Crippen molar-refractivity contribution in [2.45, 2.75) is 58.9 Å². The highest BCUT2D eigenvalue weighted by molar-refractivity contribution is 6.00. The van der Waals surface area contributed by atoms with E-state index in [1.165, 1.54) is 25.7 Å². The average molecular weight is 394 g/mol. The minimum atomic E-state index is -0.430. The third-order valence-corrected chi connectivity index (χ3v) is 5.44. The number of unbranched alkanes of at least 4 members (excludes halogenated alkanes) is 1. The Morgan fingerprint density at radius 2 is 2.04 bits per heavy atom. The number of esters is 1. The van der Waals surface area contributed by atoms with Gasteiger partial charge in [0.25, 0.3) is 5.91 Å². The summed E-state index contributed by atoms with van der Waals surface area (Å²) in [5.41, 5.74) is 2.15. The molecule has 2 N–H and O–H groups in total. The van der Waals surface area contributed by atoms with Crippen LogP contribution in [0.5, 0.6) is 0 Å². The molecule has 28 heavy (non-hydrogen) atoms. The second-order valence-electron chi connectivity index (χ2n) is 7.50. The van der Waals surface area contributed by atoms with Gasteiger partial charge < -0.3 is 19.8 Å². The van der Waals surface area contributed by atoms with E-state index in [-0.39, 0.29) is 12.5 Å². The van der Waals surface area contributed by atoms with Crippen molar-refractivity contribution in [1.82, 2.24) is 15.2 Å². The van der Waals surface area contributed by atoms with Gasteiger partial charge in [0.15, 0.2) is 0 Å². The van der Waals surface area contributed by atoms with E-state index in [2.05, 4.69) is 22.1 Å². The molecule has 0 bridgehead atoms. The predicted molar refractivity (Wildman–Crippen MR) is 109 cm³/mol. The number of aromatic nitrogens is 1. The molecular weight excluding hydrogens is 358 g/mol. The van der Waals surface area contributed by atoms with Crippen LogP contribution in [0.1, 0.15) is 71.1 Å². The Balaban J connectivity index is 1.98. The highest BCUT2D eigenvalue weighted by atomic mass is 16.6. The lowest BCUT2D eigenvalue weighted by molar-refractivity contribution is 0.0387. The molecule has 1 aliphatic heterocycles. The summed E-state index contributed by atoms with van der Waals surface area (Å²) in [5.74, 6) is -0.599. The summed E-state index contributed by atoms with van der Waals surface area (Å²) in [4.78, 5) is 30.6. The van der Waals surface area contributed by atoms with Crippen LogP contribution >= 0.6 is 0 Å². The minimum absolute atomic E-state index is 0.169. The lowest BCUT2D eigenvalue weighted by Gasteiger charge is -2.35. The van der Waals surface area contributed by atoms with E-state index in [0.29, 0.717) is 41.7 Å². The van der Waals surface area contributed by atoms with Crippen molar-refractivity contribution in [2.24, 2.45) is 0 Å². The van der Waals surface area contributed by atoms with Gasteiger partial charge in [0.05, 0.1) is 12.2 Å². The monoisotopic (exact) mass is 393 g/mol. The molecule has 2 heterocycles. The third kappa shape index (κ3) is 5.82. The Labute approximate surface area is 168 Å². The fourth-order valence-corrected chi connectivity index (χ4v) is 3.82. The first-order valence-electron chi connectivity index (χ1n) is 10.4. The first-order chi connectivity index (χ1) is 13.5. The van der Waals surface area contributed by atoms with Crippen molar-refractivity contribution in [3.05, 3.63) is 22.5 Å². The van der Waals surface area contributed by atoms with Crippen molar-refractivity contribution in [3.8, 4) is 0 Å². The molecule has 1 amide bonds. The fraction of sp³-hybridized carbons (Fsp3) is 0.714. The maximum Gasteiger partial charge on any atom is 0.340 e. The van der Waals surface area contributed by atoms with E-state index in [1.54, 1.807) is 21.0 Å². The molecule has 1 unspecified atom stereocenters. The lowest BCUT2D eigenvalue weighted by atomic mass is 10.0. The maximum absolute atomic E-state index is 12.7. The van der Waals surface area contributed by atoms with Crippen molar-refractivity contribution in [2.75, 3.05) is 40.0 Å². The zero-order valence-corrected chi connectivity index (χ0v) is 17.7. The van der Waals surface area contributed by atoms with Gasteiger partial charge >= 0.3 is 5.97 Å². The molecule has 1 atom stereocenters. The van der Waals surface area contributed by atoms with E-state index in [0.717, 1.165) is 19.5 Å². The number of carbonyl (C=O) groups excluding carboxylic acids is 2. The third-order valence-electron chi connectivity index (χ3n) is 5.44. The largest absolute Gasteiger partial charge is 0.460 e. The van der Waals surface area contributed by atoms with Crippen molar-refractivity contribution in [3.63, 3.8) is 0 Å². The number of rotatable bonds is 10. The highest BCUT2D eigenvalue weighted by Gasteiger charge is 2.25. The first kappa shape index (κ1) is 22.4. The molecular formula is C21H35N3O4. The summed E-state index contributed by atoms with van der Waals surface area (Å²) < 4.78 is 10.1.